The number of nitrogens with one attached hydrogen (secondary N) is 1. The average molecular weight is 468 g/mol. The first-order valence-corrected chi connectivity index (χ1v) is 10.8. The van der Waals surface area contributed by atoms with Crippen LogP contribution in [-0.2, 0) is 6.54 Å². The van der Waals surface area contributed by atoms with Crippen LogP contribution in [0.25, 0.3) is 22.2 Å². The molecular weight excluding hydrogens is 447 g/mol. The quantitative estimate of drug-likeness (QED) is 0.365. The number of hydrogen-bond acceptors (Lipinski definition) is 6. The Balaban J connectivity index is 1.59. The highest BCUT2D eigenvalue weighted by Crippen LogP contribution is 2.28. The monoisotopic (exact) mass is 468 g/mol. The summed E-state index contributed by atoms with van der Waals surface area (Å²) in [5.74, 6) is -0.0479. The maximum absolute atomic E-state index is 13.2. The third-order valence-electron chi connectivity index (χ3n) is 5.52. The van der Waals surface area contributed by atoms with Crippen LogP contribution in [-0.4, -0.2) is 33.9 Å². The molecule has 35 heavy (non-hydrogen) atoms. The topological polar surface area (TPSA) is 107 Å². The van der Waals surface area contributed by atoms with Crippen LogP contribution in [0.5, 0.6) is 5.75 Å². The van der Waals surface area contributed by atoms with E-state index < -0.39 is 5.91 Å². The van der Waals surface area contributed by atoms with Gasteiger partial charge in [-0.25, -0.2) is 14.4 Å². The van der Waals surface area contributed by atoms with Crippen molar-refractivity contribution in [1.82, 2.24) is 20.0 Å². The van der Waals surface area contributed by atoms with Crippen LogP contribution in [0.3, 0.4) is 0 Å². The van der Waals surface area contributed by atoms with Crippen molar-refractivity contribution in [3.8, 4) is 5.75 Å². The molecule has 3 N–H and O–H groups in total. The zero-order chi connectivity index (χ0) is 24.4. The first kappa shape index (κ1) is 22.0. The number of nitrogen functional groups attached to an aromatic ring is 1. The molecule has 2 aromatic heterocycles. The SMILES string of the molecule is COc1ccccc1C=Nn1c(N)c(C(=O)NCc2ccc(F)cc2)c2nc3ccccc3nc21. The van der Waals surface area contributed by atoms with Crippen molar-refractivity contribution in [1.29, 1.82) is 0 Å². The van der Waals surface area contributed by atoms with E-state index in [2.05, 4.69) is 20.4 Å². The molecule has 0 atom stereocenters. The summed E-state index contributed by atoms with van der Waals surface area (Å²) in [7, 11) is 1.58. The number of carbonyl (C=O) groups is 1. The molecular formula is C26H21FN6O2. The van der Waals surface area contributed by atoms with Gasteiger partial charge in [0.15, 0.2) is 5.65 Å². The van der Waals surface area contributed by atoms with Crippen molar-refractivity contribution in [2.24, 2.45) is 5.10 Å². The molecule has 0 bridgehead atoms. The standard InChI is InChI=1S/C26H21FN6O2/c1-35-21-9-5-2-6-17(21)15-30-33-24(28)22(26(34)29-14-16-10-12-18(27)13-11-16)23-25(33)32-20-8-4-3-7-19(20)31-23/h2-13,15H,14,28H2,1H3,(H,29,34). The van der Waals surface area contributed by atoms with Crippen LogP contribution in [0.4, 0.5) is 10.2 Å². The maximum atomic E-state index is 13.2. The highest BCUT2D eigenvalue weighted by atomic mass is 19.1. The van der Waals surface area contributed by atoms with Crippen LogP contribution in [0, 0.1) is 5.82 Å². The molecule has 0 saturated carbocycles. The lowest BCUT2D eigenvalue weighted by Crippen LogP contribution is -2.23. The van der Waals surface area contributed by atoms with E-state index in [1.807, 2.05) is 48.5 Å². The molecule has 0 fully saturated rings. The first-order chi connectivity index (χ1) is 17.0. The lowest BCUT2D eigenvalue weighted by molar-refractivity contribution is 0.0953. The Kier molecular flexibility index (Phi) is 5.80. The Morgan fingerprint density at radius 1 is 1.06 bits per heavy atom. The molecule has 0 aliphatic rings. The second kappa shape index (κ2) is 9.22. The largest absolute Gasteiger partial charge is 0.496 e. The summed E-state index contributed by atoms with van der Waals surface area (Å²) in [5.41, 5.74) is 10.0. The number of benzene rings is 3. The van der Waals surface area contributed by atoms with E-state index in [1.165, 1.54) is 16.8 Å². The van der Waals surface area contributed by atoms with Crippen LogP contribution >= 0.6 is 0 Å². The van der Waals surface area contributed by atoms with Crippen molar-refractivity contribution in [3.05, 3.63) is 95.3 Å². The number of amides is 1. The van der Waals surface area contributed by atoms with E-state index in [1.54, 1.807) is 25.5 Å². The second-order valence-electron chi connectivity index (χ2n) is 7.75. The van der Waals surface area contributed by atoms with Crippen molar-refractivity contribution >= 4 is 40.1 Å². The smallest absolute Gasteiger partial charge is 0.257 e. The number of carbonyl (C=O) groups excluding carboxylic acids is 1. The van der Waals surface area contributed by atoms with E-state index in [-0.39, 0.29) is 23.7 Å². The number of halogens is 1. The van der Waals surface area contributed by atoms with Gasteiger partial charge < -0.3 is 15.8 Å². The van der Waals surface area contributed by atoms with E-state index in [0.29, 0.717) is 27.9 Å². The molecule has 1 amide bonds. The average Bonchev–Trinajstić information content (AvgIpc) is 3.15. The summed E-state index contributed by atoms with van der Waals surface area (Å²) < 4.78 is 20.0. The fourth-order valence-electron chi connectivity index (χ4n) is 3.75. The molecule has 5 rings (SSSR count). The van der Waals surface area contributed by atoms with Gasteiger partial charge in [-0.3, -0.25) is 4.79 Å². The number of hydrogen-bond donors (Lipinski definition) is 2. The predicted molar refractivity (Wildman–Crippen MR) is 133 cm³/mol. The number of nitrogens with zero attached hydrogens (tertiary/aromatic N) is 4. The minimum atomic E-state index is -0.437. The number of nitrogens with two attached hydrogens (primary N) is 1. The zero-order valence-electron chi connectivity index (χ0n) is 18.8. The third-order valence-corrected chi connectivity index (χ3v) is 5.52. The van der Waals surface area contributed by atoms with Crippen LogP contribution in [0.15, 0.2) is 77.9 Å². The summed E-state index contributed by atoms with van der Waals surface area (Å²) in [5, 5.41) is 7.34. The van der Waals surface area contributed by atoms with Crippen molar-refractivity contribution in [3.63, 3.8) is 0 Å². The minimum Gasteiger partial charge on any atom is -0.496 e. The van der Waals surface area contributed by atoms with E-state index in [0.717, 1.165) is 11.1 Å². The fourth-order valence-corrected chi connectivity index (χ4v) is 3.75. The van der Waals surface area contributed by atoms with Crippen molar-refractivity contribution in [2.45, 2.75) is 6.54 Å². The molecule has 0 radical (unpaired) electrons. The van der Waals surface area contributed by atoms with Gasteiger partial charge in [-0.05, 0) is 42.0 Å². The van der Waals surface area contributed by atoms with Gasteiger partial charge in [0.2, 0.25) is 0 Å². The lowest BCUT2D eigenvalue weighted by Gasteiger charge is -2.06. The number of anilines is 1. The second-order valence-corrected chi connectivity index (χ2v) is 7.75. The Labute approximate surface area is 199 Å². The van der Waals surface area contributed by atoms with Crippen molar-refractivity contribution in [2.75, 3.05) is 12.8 Å². The van der Waals surface area contributed by atoms with Crippen LogP contribution in [0.1, 0.15) is 21.5 Å². The molecule has 9 heteroatoms. The molecule has 3 aromatic carbocycles. The molecule has 0 aliphatic heterocycles. The maximum Gasteiger partial charge on any atom is 0.257 e. The van der Waals surface area contributed by atoms with E-state index in [9.17, 15) is 9.18 Å². The van der Waals surface area contributed by atoms with Gasteiger partial charge >= 0.3 is 0 Å². The normalized spacial score (nSPS) is 11.4. The number of ether oxygens (including phenoxy) is 1. The third kappa shape index (κ3) is 4.26. The lowest BCUT2D eigenvalue weighted by atomic mass is 10.2. The zero-order valence-corrected chi connectivity index (χ0v) is 18.8. The molecule has 8 nitrogen and oxygen atoms in total. The molecule has 174 valence electrons. The van der Waals surface area contributed by atoms with Crippen LogP contribution in [0.2, 0.25) is 0 Å². The number of fused-ring (bicyclic) bond motifs is 2. The number of aromatic nitrogens is 3. The van der Waals surface area contributed by atoms with Gasteiger partial charge in [-0.2, -0.15) is 9.78 Å². The minimum absolute atomic E-state index is 0.0954. The van der Waals surface area contributed by atoms with Crippen LogP contribution < -0.4 is 15.8 Å². The molecule has 0 spiro atoms. The van der Waals surface area contributed by atoms with Crippen molar-refractivity contribution < 1.29 is 13.9 Å². The van der Waals surface area contributed by atoms with Gasteiger partial charge in [0.05, 0.1) is 24.4 Å². The summed E-state index contributed by atoms with van der Waals surface area (Å²) in [6.07, 6.45) is 1.59. The Morgan fingerprint density at radius 2 is 1.74 bits per heavy atom. The van der Waals surface area contributed by atoms with Gasteiger partial charge in [-0.15, -0.1) is 0 Å². The Hall–Kier alpha value is -4.79. The number of para-hydroxylation sites is 3. The molecule has 0 unspecified atom stereocenters. The van der Waals surface area contributed by atoms with E-state index in [4.69, 9.17) is 10.5 Å². The van der Waals surface area contributed by atoms with Gasteiger partial charge in [0.25, 0.3) is 5.91 Å². The molecule has 2 heterocycles. The fraction of sp³-hybridized carbons (Fsp3) is 0.0769. The number of methoxy groups -OCH3 is 1. The summed E-state index contributed by atoms with van der Waals surface area (Å²) in [4.78, 5) is 22.6. The summed E-state index contributed by atoms with van der Waals surface area (Å²) in [6.45, 7) is 0.191. The van der Waals surface area contributed by atoms with E-state index >= 15 is 0 Å². The van der Waals surface area contributed by atoms with Gasteiger partial charge in [-0.1, -0.05) is 36.4 Å². The predicted octanol–water partition coefficient (Wildman–Crippen LogP) is 4.13. The van der Waals surface area contributed by atoms with Gasteiger partial charge in [0.1, 0.15) is 28.5 Å². The molecule has 0 saturated heterocycles. The number of rotatable bonds is 6. The highest BCUT2D eigenvalue weighted by Gasteiger charge is 2.24. The Morgan fingerprint density at radius 3 is 2.49 bits per heavy atom. The summed E-state index contributed by atoms with van der Waals surface area (Å²) in [6, 6.07) is 20.6. The Bertz CT molecular complexity index is 1580. The van der Waals surface area contributed by atoms with Gasteiger partial charge in [0, 0.05) is 12.1 Å². The highest BCUT2D eigenvalue weighted by molar-refractivity contribution is 6.10. The molecule has 0 aliphatic carbocycles. The molecule has 5 aromatic rings. The summed E-state index contributed by atoms with van der Waals surface area (Å²) >= 11 is 0. The first-order valence-electron chi connectivity index (χ1n) is 10.8.